The minimum atomic E-state index is -0.0727. The van der Waals surface area contributed by atoms with Crippen molar-refractivity contribution >= 4 is 23.2 Å². The van der Waals surface area contributed by atoms with Crippen LogP contribution in [-0.4, -0.2) is 25.0 Å². The van der Waals surface area contributed by atoms with Gasteiger partial charge in [-0.1, -0.05) is 12.1 Å². The maximum Gasteiger partial charge on any atom is 0.227 e. The lowest BCUT2D eigenvalue weighted by Crippen LogP contribution is -2.14. The van der Waals surface area contributed by atoms with E-state index in [2.05, 4.69) is 10.6 Å². The van der Waals surface area contributed by atoms with Crippen molar-refractivity contribution in [3.8, 4) is 11.5 Å². The van der Waals surface area contributed by atoms with E-state index in [1.165, 1.54) is 0 Å². The van der Waals surface area contributed by atoms with Gasteiger partial charge in [-0.3, -0.25) is 9.59 Å². The van der Waals surface area contributed by atoms with E-state index in [1.807, 2.05) is 31.2 Å². The standard InChI is InChI=1S/C22H26N2O4/c1-2-27-19-6-3-4-7-20(19)28-15-5-8-21(25)23-17-11-13-18(14-12-17)24-22(26)16-9-10-16/h3-4,6-7,11-14,16H,2,5,8-10,15H2,1H3,(H,23,25)(H,24,26). The fraction of sp³-hybridized carbons (Fsp3) is 0.364. The minimum absolute atomic E-state index is 0.0719. The zero-order chi connectivity index (χ0) is 19.8. The second kappa shape index (κ2) is 9.78. The molecule has 3 rings (SSSR count). The van der Waals surface area contributed by atoms with Gasteiger partial charge in [0.25, 0.3) is 0 Å². The molecule has 0 spiro atoms. The third kappa shape index (κ3) is 6.01. The quantitative estimate of drug-likeness (QED) is 0.603. The van der Waals surface area contributed by atoms with Crippen molar-refractivity contribution in [3.63, 3.8) is 0 Å². The maximum atomic E-state index is 12.1. The topological polar surface area (TPSA) is 76.7 Å². The fourth-order valence-electron chi connectivity index (χ4n) is 2.71. The first kappa shape index (κ1) is 19.7. The molecule has 6 nitrogen and oxygen atoms in total. The predicted molar refractivity (Wildman–Crippen MR) is 109 cm³/mol. The van der Waals surface area contributed by atoms with Crippen LogP contribution in [0.15, 0.2) is 48.5 Å². The number of para-hydroxylation sites is 2. The van der Waals surface area contributed by atoms with Gasteiger partial charge in [0.05, 0.1) is 13.2 Å². The van der Waals surface area contributed by atoms with E-state index in [9.17, 15) is 9.59 Å². The Hall–Kier alpha value is -3.02. The molecular weight excluding hydrogens is 356 g/mol. The summed E-state index contributed by atoms with van der Waals surface area (Å²) in [5, 5.41) is 5.73. The normalized spacial score (nSPS) is 12.9. The van der Waals surface area contributed by atoms with Gasteiger partial charge in [0, 0.05) is 23.7 Å². The molecule has 2 aromatic carbocycles. The second-order valence-corrected chi connectivity index (χ2v) is 6.72. The average Bonchev–Trinajstić information content (AvgIpc) is 3.54. The number of carbonyl (C=O) groups excluding carboxylic acids is 2. The number of ether oxygens (including phenoxy) is 2. The Kier molecular flexibility index (Phi) is 6.89. The molecular formula is C22H26N2O4. The van der Waals surface area contributed by atoms with Gasteiger partial charge in [-0.15, -0.1) is 0 Å². The Labute approximate surface area is 165 Å². The highest BCUT2D eigenvalue weighted by molar-refractivity contribution is 5.95. The van der Waals surface area contributed by atoms with Crippen molar-refractivity contribution in [1.82, 2.24) is 0 Å². The van der Waals surface area contributed by atoms with Crippen molar-refractivity contribution in [2.24, 2.45) is 5.92 Å². The molecule has 2 aromatic rings. The van der Waals surface area contributed by atoms with Gasteiger partial charge in [0.1, 0.15) is 0 Å². The van der Waals surface area contributed by atoms with Crippen LogP contribution in [0.4, 0.5) is 11.4 Å². The van der Waals surface area contributed by atoms with Crippen LogP contribution < -0.4 is 20.1 Å². The number of nitrogens with one attached hydrogen (secondary N) is 2. The first-order chi connectivity index (χ1) is 13.7. The van der Waals surface area contributed by atoms with E-state index in [0.717, 1.165) is 18.5 Å². The maximum absolute atomic E-state index is 12.1. The zero-order valence-electron chi connectivity index (χ0n) is 16.1. The lowest BCUT2D eigenvalue weighted by Gasteiger charge is -2.11. The molecule has 6 heteroatoms. The number of hydrogen-bond donors (Lipinski definition) is 2. The molecule has 0 aliphatic heterocycles. The van der Waals surface area contributed by atoms with Crippen LogP contribution in [-0.2, 0) is 9.59 Å². The largest absolute Gasteiger partial charge is 0.490 e. The summed E-state index contributed by atoms with van der Waals surface area (Å²) in [6, 6.07) is 14.7. The van der Waals surface area contributed by atoms with Crippen molar-refractivity contribution < 1.29 is 19.1 Å². The van der Waals surface area contributed by atoms with Gasteiger partial charge >= 0.3 is 0 Å². The van der Waals surface area contributed by atoms with Gasteiger partial charge in [0.2, 0.25) is 11.8 Å². The van der Waals surface area contributed by atoms with Crippen LogP contribution in [0.3, 0.4) is 0 Å². The van der Waals surface area contributed by atoms with Crippen LogP contribution in [0, 0.1) is 5.92 Å². The summed E-state index contributed by atoms with van der Waals surface area (Å²) in [6.45, 7) is 2.93. The van der Waals surface area contributed by atoms with Gasteiger partial charge in [-0.2, -0.15) is 0 Å². The number of hydrogen-bond acceptors (Lipinski definition) is 4. The van der Waals surface area contributed by atoms with Crippen LogP contribution in [0.2, 0.25) is 0 Å². The Balaban J connectivity index is 1.38. The molecule has 1 saturated carbocycles. The fourth-order valence-corrected chi connectivity index (χ4v) is 2.71. The molecule has 0 heterocycles. The van der Waals surface area contributed by atoms with Gasteiger partial charge < -0.3 is 20.1 Å². The van der Waals surface area contributed by atoms with Crippen LogP contribution in [0.25, 0.3) is 0 Å². The summed E-state index contributed by atoms with van der Waals surface area (Å²) < 4.78 is 11.2. The second-order valence-electron chi connectivity index (χ2n) is 6.72. The van der Waals surface area contributed by atoms with E-state index in [1.54, 1.807) is 24.3 Å². The molecule has 0 unspecified atom stereocenters. The van der Waals surface area contributed by atoms with Crippen LogP contribution in [0.1, 0.15) is 32.6 Å². The molecule has 2 N–H and O–H groups in total. The number of anilines is 2. The molecule has 148 valence electrons. The Bertz CT molecular complexity index is 800. The number of carbonyl (C=O) groups is 2. The summed E-state index contributed by atoms with van der Waals surface area (Å²) in [6.07, 6.45) is 2.90. The highest BCUT2D eigenvalue weighted by atomic mass is 16.5. The van der Waals surface area contributed by atoms with E-state index < -0.39 is 0 Å². The Morgan fingerprint density at radius 1 is 0.929 bits per heavy atom. The first-order valence-corrected chi connectivity index (χ1v) is 9.71. The highest BCUT2D eigenvalue weighted by Crippen LogP contribution is 2.30. The summed E-state index contributed by atoms with van der Waals surface area (Å²) >= 11 is 0. The third-order valence-corrected chi connectivity index (χ3v) is 4.34. The first-order valence-electron chi connectivity index (χ1n) is 9.71. The SMILES string of the molecule is CCOc1ccccc1OCCCC(=O)Nc1ccc(NC(=O)C2CC2)cc1. The summed E-state index contributed by atoms with van der Waals surface area (Å²) in [7, 11) is 0. The van der Waals surface area contributed by atoms with Crippen LogP contribution in [0.5, 0.6) is 11.5 Å². The Morgan fingerprint density at radius 2 is 1.54 bits per heavy atom. The molecule has 2 amide bonds. The highest BCUT2D eigenvalue weighted by Gasteiger charge is 2.29. The third-order valence-electron chi connectivity index (χ3n) is 4.34. The zero-order valence-corrected chi connectivity index (χ0v) is 16.1. The molecule has 0 saturated heterocycles. The molecule has 1 aliphatic rings. The van der Waals surface area contributed by atoms with Crippen molar-refractivity contribution in [2.75, 3.05) is 23.8 Å². The van der Waals surface area contributed by atoms with Gasteiger partial charge in [0.15, 0.2) is 11.5 Å². The number of amides is 2. The minimum Gasteiger partial charge on any atom is -0.490 e. The summed E-state index contributed by atoms with van der Waals surface area (Å²) in [5.74, 6) is 1.57. The molecule has 0 atom stereocenters. The molecule has 28 heavy (non-hydrogen) atoms. The Morgan fingerprint density at radius 3 is 2.14 bits per heavy atom. The van der Waals surface area contributed by atoms with E-state index in [-0.39, 0.29) is 17.7 Å². The number of rotatable bonds is 10. The lowest BCUT2D eigenvalue weighted by molar-refractivity contribution is -0.117. The predicted octanol–water partition coefficient (Wildman–Crippen LogP) is 4.23. The number of benzene rings is 2. The van der Waals surface area contributed by atoms with Crippen molar-refractivity contribution in [1.29, 1.82) is 0 Å². The smallest absolute Gasteiger partial charge is 0.227 e. The summed E-state index contributed by atoms with van der Waals surface area (Å²) in [5.41, 5.74) is 1.45. The molecule has 0 radical (unpaired) electrons. The summed E-state index contributed by atoms with van der Waals surface area (Å²) in [4.78, 5) is 23.8. The van der Waals surface area contributed by atoms with Gasteiger partial charge in [-0.05, 0) is 62.6 Å². The van der Waals surface area contributed by atoms with E-state index >= 15 is 0 Å². The van der Waals surface area contributed by atoms with E-state index in [4.69, 9.17) is 9.47 Å². The average molecular weight is 382 g/mol. The molecule has 0 bridgehead atoms. The molecule has 0 aromatic heterocycles. The lowest BCUT2D eigenvalue weighted by atomic mass is 10.2. The molecule has 1 aliphatic carbocycles. The monoisotopic (exact) mass is 382 g/mol. The van der Waals surface area contributed by atoms with Crippen molar-refractivity contribution in [2.45, 2.75) is 32.6 Å². The van der Waals surface area contributed by atoms with Crippen molar-refractivity contribution in [3.05, 3.63) is 48.5 Å². The van der Waals surface area contributed by atoms with E-state index in [0.29, 0.717) is 43.2 Å². The van der Waals surface area contributed by atoms with Crippen LogP contribution >= 0.6 is 0 Å². The van der Waals surface area contributed by atoms with Gasteiger partial charge in [-0.25, -0.2) is 0 Å². The molecule has 1 fully saturated rings.